The number of amides is 1. The lowest BCUT2D eigenvalue weighted by molar-refractivity contribution is 0.0954. The molecular weight excluding hydrogens is 190 g/mol. The summed E-state index contributed by atoms with van der Waals surface area (Å²) in [5, 5.41) is 11.9. The van der Waals surface area contributed by atoms with Crippen LogP contribution >= 0.6 is 0 Å². The van der Waals surface area contributed by atoms with Crippen molar-refractivity contribution in [1.29, 1.82) is 0 Å². The van der Waals surface area contributed by atoms with E-state index in [9.17, 15) is 9.90 Å². The van der Waals surface area contributed by atoms with E-state index in [4.69, 9.17) is 6.42 Å². The summed E-state index contributed by atoms with van der Waals surface area (Å²) in [7, 11) is 0. The van der Waals surface area contributed by atoms with E-state index in [2.05, 4.69) is 11.2 Å². The normalized spacial score (nSPS) is 9.33. The van der Waals surface area contributed by atoms with Crippen LogP contribution in [0, 0.1) is 19.3 Å². The van der Waals surface area contributed by atoms with Crippen molar-refractivity contribution in [1.82, 2.24) is 5.32 Å². The Morgan fingerprint density at radius 1 is 1.60 bits per heavy atom. The second kappa shape index (κ2) is 5.06. The van der Waals surface area contributed by atoms with E-state index < -0.39 is 0 Å². The molecular formula is C12H13NO2. The van der Waals surface area contributed by atoms with Crippen LogP contribution in [0.25, 0.3) is 0 Å². The van der Waals surface area contributed by atoms with E-state index in [1.165, 1.54) is 6.07 Å². The summed E-state index contributed by atoms with van der Waals surface area (Å²) in [6, 6.07) is 4.63. The van der Waals surface area contributed by atoms with Crippen molar-refractivity contribution in [2.75, 3.05) is 6.54 Å². The van der Waals surface area contributed by atoms with E-state index in [0.29, 0.717) is 18.5 Å². The summed E-state index contributed by atoms with van der Waals surface area (Å²) in [4.78, 5) is 11.6. The van der Waals surface area contributed by atoms with Crippen molar-refractivity contribution < 1.29 is 9.90 Å². The summed E-state index contributed by atoms with van der Waals surface area (Å²) in [5.74, 6) is 2.44. The minimum atomic E-state index is -0.164. The van der Waals surface area contributed by atoms with Gasteiger partial charge in [-0.25, -0.2) is 0 Å². The Labute approximate surface area is 89.1 Å². The van der Waals surface area contributed by atoms with Gasteiger partial charge >= 0.3 is 0 Å². The molecule has 0 unspecified atom stereocenters. The maximum atomic E-state index is 11.6. The van der Waals surface area contributed by atoms with Crippen LogP contribution in [0.2, 0.25) is 0 Å². The molecule has 0 bridgehead atoms. The predicted octanol–water partition coefficient (Wildman–Crippen LogP) is 1.45. The Kier molecular flexibility index (Phi) is 3.75. The molecule has 0 saturated heterocycles. The number of benzene rings is 1. The van der Waals surface area contributed by atoms with Crippen LogP contribution in [0.1, 0.15) is 22.3 Å². The van der Waals surface area contributed by atoms with Gasteiger partial charge in [-0.05, 0) is 30.7 Å². The molecule has 1 rings (SSSR count). The largest absolute Gasteiger partial charge is 0.508 e. The van der Waals surface area contributed by atoms with E-state index in [1.54, 1.807) is 19.1 Å². The van der Waals surface area contributed by atoms with E-state index >= 15 is 0 Å². The Balaban J connectivity index is 2.70. The molecule has 0 spiro atoms. The molecule has 78 valence electrons. The lowest BCUT2D eigenvalue weighted by Gasteiger charge is -2.06. The van der Waals surface area contributed by atoms with Crippen LogP contribution in [-0.2, 0) is 0 Å². The highest BCUT2D eigenvalue weighted by Crippen LogP contribution is 2.15. The Morgan fingerprint density at radius 2 is 2.33 bits per heavy atom. The summed E-state index contributed by atoms with van der Waals surface area (Å²) in [6.45, 7) is 2.24. The summed E-state index contributed by atoms with van der Waals surface area (Å²) in [6.07, 6.45) is 5.59. The van der Waals surface area contributed by atoms with Gasteiger partial charge in [-0.1, -0.05) is 0 Å². The average Bonchev–Trinajstić information content (AvgIpc) is 2.17. The second-order valence-corrected chi connectivity index (χ2v) is 3.21. The molecule has 0 radical (unpaired) electrons. The Bertz CT molecular complexity index is 405. The van der Waals surface area contributed by atoms with Crippen LogP contribution in [0.5, 0.6) is 5.75 Å². The number of nitrogens with one attached hydrogen (secondary N) is 1. The molecule has 0 aliphatic heterocycles. The van der Waals surface area contributed by atoms with Crippen molar-refractivity contribution in [2.24, 2.45) is 0 Å². The van der Waals surface area contributed by atoms with Gasteiger partial charge in [-0.15, -0.1) is 12.3 Å². The van der Waals surface area contributed by atoms with Crippen molar-refractivity contribution in [3.8, 4) is 18.1 Å². The average molecular weight is 203 g/mol. The zero-order valence-corrected chi connectivity index (χ0v) is 8.58. The monoisotopic (exact) mass is 203 g/mol. The van der Waals surface area contributed by atoms with Gasteiger partial charge in [-0.2, -0.15) is 0 Å². The van der Waals surface area contributed by atoms with Crippen LogP contribution in [0.15, 0.2) is 18.2 Å². The minimum Gasteiger partial charge on any atom is -0.508 e. The van der Waals surface area contributed by atoms with E-state index in [0.717, 1.165) is 5.56 Å². The molecule has 0 aromatic heterocycles. The molecule has 0 fully saturated rings. The molecule has 1 amide bonds. The first-order chi connectivity index (χ1) is 7.15. The highest BCUT2D eigenvalue weighted by molar-refractivity contribution is 5.95. The smallest absolute Gasteiger partial charge is 0.251 e. The molecule has 3 heteroatoms. The van der Waals surface area contributed by atoms with Gasteiger partial charge in [0.2, 0.25) is 0 Å². The van der Waals surface area contributed by atoms with E-state index in [-0.39, 0.29) is 11.7 Å². The van der Waals surface area contributed by atoms with Crippen LogP contribution in [0.4, 0.5) is 0 Å². The lowest BCUT2D eigenvalue weighted by Crippen LogP contribution is -2.24. The van der Waals surface area contributed by atoms with Gasteiger partial charge in [0.1, 0.15) is 5.75 Å². The van der Waals surface area contributed by atoms with Crippen molar-refractivity contribution in [3.63, 3.8) is 0 Å². The van der Waals surface area contributed by atoms with Crippen LogP contribution in [-0.4, -0.2) is 17.6 Å². The fourth-order valence-corrected chi connectivity index (χ4v) is 1.25. The quantitative estimate of drug-likeness (QED) is 0.577. The molecule has 3 nitrogen and oxygen atoms in total. The van der Waals surface area contributed by atoms with E-state index in [1.807, 2.05) is 0 Å². The predicted molar refractivity (Wildman–Crippen MR) is 58.6 cm³/mol. The zero-order chi connectivity index (χ0) is 11.3. The number of carbonyl (C=O) groups excluding carboxylic acids is 1. The molecule has 1 aromatic rings. The molecule has 0 aliphatic rings. The van der Waals surface area contributed by atoms with Gasteiger partial charge < -0.3 is 10.4 Å². The SMILES string of the molecule is C#CCCNC(=O)c1ccc(O)cc1C. The first-order valence-electron chi connectivity index (χ1n) is 4.66. The van der Waals surface area contributed by atoms with Crippen molar-refractivity contribution in [2.45, 2.75) is 13.3 Å². The minimum absolute atomic E-state index is 0.160. The fourth-order valence-electron chi connectivity index (χ4n) is 1.25. The number of carbonyl (C=O) groups is 1. The Morgan fingerprint density at radius 3 is 2.93 bits per heavy atom. The van der Waals surface area contributed by atoms with Crippen molar-refractivity contribution >= 4 is 5.91 Å². The van der Waals surface area contributed by atoms with Gasteiger partial charge in [0.05, 0.1) is 0 Å². The molecule has 1 aromatic carbocycles. The molecule has 0 aliphatic carbocycles. The number of phenols is 1. The second-order valence-electron chi connectivity index (χ2n) is 3.21. The summed E-state index contributed by atoms with van der Waals surface area (Å²) >= 11 is 0. The van der Waals surface area contributed by atoms with Crippen molar-refractivity contribution in [3.05, 3.63) is 29.3 Å². The maximum absolute atomic E-state index is 11.6. The molecule has 2 N–H and O–H groups in total. The first kappa shape index (κ1) is 11.1. The third-order valence-electron chi connectivity index (χ3n) is 2.01. The highest BCUT2D eigenvalue weighted by atomic mass is 16.3. The van der Waals surface area contributed by atoms with Crippen LogP contribution in [0.3, 0.4) is 0 Å². The third kappa shape index (κ3) is 3.03. The highest BCUT2D eigenvalue weighted by Gasteiger charge is 2.07. The number of hydrogen-bond donors (Lipinski definition) is 2. The number of aromatic hydroxyl groups is 1. The first-order valence-corrected chi connectivity index (χ1v) is 4.66. The topological polar surface area (TPSA) is 49.3 Å². The van der Waals surface area contributed by atoms with Gasteiger partial charge in [0.15, 0.2) is 0 Å². The summed E-state index contributed by atoms with van der Waals surface area (Å²) < 4.78 is 0. The number of terminal acetylenes is 1. The maximum Gasteiger partial charge on any atom is 0.251 e. The third-order valence-corrected chi connectivity index (χ3v) is 2.01. The summed E-state index contributed by atoms with van der Waals surface area (Å²) in [5.41, 5.74) is 1.30. The molecule has 0 saturated carbocycles. The zero-order valence-electron chi connectivity index (χ0n) is 8.58. The number of phenolic OH excluding ortho intramolecular Hbond substituents is 1. The van der Waals surface area contributed by atoms with Gasteiger partial charge in [-0.3, -0.25) is 4.79 Å². The Hall–Kier alpha value is -1.95. The number of hydrogen-bond acceptors (Lipinski definition) is 2. The lowest BCUT2D eigenvalue weighted by atomic mass is 10.1. The standard InChI is InChI=1S/C12H13NO2/c1-3-4-7-13-12(15)11-6-5-10(14)8-9(11)2/h1,5-6,8,14H,4,7H2,2H3,(H,13,15). The van der Waals surface area contributed by atoms with Gasteiger partial charge in [0.25, 0.3) is 5.91 Å². The molecule has 0 heterocycles. The van der Waals surface area contributed by atoms with Gasteiger partial charge in [0, 0.05) is 18.5 Å². The number of rotatable bonds is 3. The molecule has 15 heavy (non-hydrogen) atoms. The number of aryl methyl sites for hydroxylation is 1. The fraction of sp³-hybridized carbons (Fsp3) is 0.250. The van der Waals surface area contributed by atoms with Crippen LogP contribution < -0.4 is 5.32 Å². The molecule has 0 atom stereocenters.